The Balaban J connectivity index is 2.53. The van der Waals surface area contributed by atoms with E-state index in [1.54, 1.807) is 0 Å². The molecule has 3 unspecified atom stereocenters. The lowest BCUT2D eigenvalue weighted by atomic mass is 9.98. The molecule has 102 valence electrons. The molecule has 0 spiro atoms. The second-order valence-corrected chi connectivity index (χ2v) is 5.67. The molecule has 1 heterocycles. The van der Waals surface area contributed by atoms with E-state index in [4.69, 9.17) is 0 Å². The topological polar surface area (TPSA) is 15.3 Å². The van der Waals surface area contributed by atoms with Crippen LogP contribution in [0.15, 0.2) is 0 Å². The molecule has 1 rings (SSSR count). The number of hydrogen-bond acceptors (Lipinski definition) is 2. The van der Waals surface area contributed by atoms with Crippen molar-refractivity contribution in [3.8, 4) is 0 Å². The summed E-state index contributed by atoms with van der Waals surface area (Å²) in [6.45, 7) is 12.9. The number of likely N-dealkylation sites (tertiary alicyclic amines) is 1. The predicted molar refractivity (Wildman–Crippen MR) is 76.4 cm³/mol. The molecular formula is C15H32N2. The monoisotopic (exact) mass is 240 g/mol. The molecule has 1 aliphatic heterocycles. The van der Waals surface area contributed by atoms with Gasteiger partial charge in [0.1, 0.15) is 0 Å². The van der Waals surface area contributed by atoms with Gasteiger partial charge in [0, 0.05) is 12.1 Å². The van der Waals surface area contributed by atoms with Crippen LogP contribution in [0, 0.1) is 5.92 Å². The highest BCUT2D eigenvalue weighted by molar-refractivity contribution is 4.82. The van der Waals surface area contributed by atoms with Crippen LogP contribution in [0.25, 0.3) is 0 Å². The van der Waals surface area contributed by atoms with Crippen molar-refractivity contribution in [3.63, 3.8) is 0 Å². The fourth-order valence-electron chi connectivity index (χ4n) is 3.04. The van der Waals surface area contributed by atoms with Gasteiger partial charge in [0.2, 0.25) is 0 Å². The van der Waals surface area contributed by atoms with Crippen molar-refractivity contribution < 1.29 is 0 Å². The third kappa shape index (κ3) is 4.59. The van der Waals surface area contributed by atoms with Crippen molar-refractivity contribution in [1.29, 1.82) is 0 Å². The summed E-state index contributed by atoms with van der Waals surface area (Å²) in [6.07, 6.45) is 6.99. The Morgan fingerprint density at radius 2 is 1.94 bits per heavy atom. The molecule has 1 aliphatic rings. The molecular weight excluding hydrogens is 208 g/mol. The van der Waals surface area contributed by atoms with Gasteiger partial charge in [-0.1, -0.05) is 33.6 Å². The Hall–Kier alpha value is -0.0800. The van der Waals surface area contributed by atoms with E-state index in [-0.39, 0.29) is 0 Å². The number of nitrogens with zero attached hydrogens (tertiary/aromatic N) is 1. The highest BCUT2D eigenvalue weighted by atomic mass is 15.2. The Kier molecular flexibility index (Phi) is 7.14. The van der Waals surface area contributed by atoms with Crippen molar-refractivity contribution in [2.75, 3.05) is 19.6 Å². The number of rotatable bonds is 6. The summed E-state index contributed by atoms with van der Waals surface area (Å²) in [5.74, 6) is 0.752. The Morgan fingerprint density at radius 1 is 1.18 bits per heavy atom. The van der Waals surface area contributed by atoms with Gasteiger partial charge in [0.15, 0.2) is 0 Å². The van der Waals surface area contributed by atoms with Crippen LogP contribution in [0.4, 0.5) is 0 Å². The standard InChI is InChI=1S/C15H32N2/c1-5-15-10-8-7-9-11-17(15)14(4)13(3)12-16-6-2/h13-16H,5-12H2,1-4H3. The smallest absolute Gasteiger partial charge is 0.0108 e. The maximum atomic E-state index is 3.49. The van der Waals surface area contributed by atoms with E-state index in [1.807, 2.05) is 0 Å². The lowest BCUT2D eigenvalue weighted by Gasteiger charge is -2.38. The first kappa shape index (κ1) is 15.0. The van der Waals surface area contributed by atoms with E-state index < -0.39 is 0 Å². The second-order valence-electron chi connectivity index (χ2n) is 5.67. The highest BCUT2D eigenvalue weighted by Gasteiger charge is 2.26. The van der Waals surface area contributed by atoms with E-state index >= 15 is 0 Å². The van der Waals surface area contributed by atoms with Crippen molar-refractivity contribution in [2.24, 2.45) is 5.92 Å². The summed E-state index contributed by atoms with van der Waals surface area (Å²) in [5, 5.41) is 3.49. The zero-order valence-corrected chi connectivity index (χ0v) is 12.3. The fourth-order valence-corrected chi connectivity index (χ4v) is 3.04. The fraction of sp³-hybridized carbons (Fsp3) is 1.00. The molecule has 0 aliphatic carbocycles. The minimum Gasteiger partial charge on any atom is -0.317 e. The maximum Gasteiger partial charge on any atom is 0.0108 e. The summed E-state index contributed by atoms with van der Waals surface area (Å²) in [6, 6.07) is 1.55. The highest BCUT2D eigenvalue weighted by Crippen LogP contribution is 2.24. The van der Waals surface area contributed by atoms with E-state index in [0.29, 0.717) is 0 Å². The molecule has 0 aromatic rings. The quantitative estimate of drug-likeness (QED) is 0.766. The van der Waals surface area contributed by atoms with Gasteiger partial charge >= 0.3 is 0 Å². The molecule has 0 aromatic carbocycles. The van der Waals surface area contributed by atoms with Crippen LogP contribution in [-0.4, -0.2) is 36.6 Å². The van der Waals surface area contributed by atoms with Crippen LogP contribution < -0.4 is 5.32 Å². The van der Waals surface area contributed by atoms with Crippen LogP contribution in [0.3, 0.4) is 0 Å². The SMILES string of the molecule is CCNCC(C)C(C)N1CCCCCC1CC. The Labute approximate surface area is 108 Å². The van der Waals surface area contributed by atoms with Crippen LogP contribution in [0.2, 0.25) is 0 Å². The molecule has 2 heteroatoms. The van der Waals surface area contributed by atoms with Gasteiger partial charge < -0.3 is 5.32 Å². The first-order valence-electron chi connectivity index (χ1n) is 7.67. The molecule has 0 amide bonds. The van der Waals surface area contributed by atoms with Gasteiger partial charge in [-0.25, -0.2) is 0 Å². The largest absolute Gasteiger partial charge is 0.317 e. The number of nitrogens with one attached hydrogen (secondary N) is 1. The zero-order chi connectivity index (χ0) is 12.7. The zero-order valence-electron chi connectivity index (χ0n) is 12.3. The number of hydrogen-bond donors (Lipinski definition) is 1. The normalized spacial score (nSPS) is 26.5. The van der Waals surface area contributed by atoms with E-state index in [1.165, 1.54) is 38.6 Å². The average Bonchev–Trinajstić information content (AvgIpc) is 2.59. The minimum absolute atomic E-state index is 0.720. The first-order valence-corrected chi connectivity index (χ1v) is 7.67. The van der Waals surface area contributed by atoms with Crippen LogP contribution in [0.1, 0.15) is 59.8 Å². The Morgan fingerprint density at radius 3 is 2.59 bits per heavy atom. The molecule has 1 N–H and O–H groups in total. The molecule has 1 saturated heterocycles. The van der Waals surface area contributed by atoms with E-state index in [0.717, 1.165) is 31.1 Å². The lowest BCUT2D eigenvalue weighted by Crippen LogP contribution is -2.46. The molecule has 17 heavy (non-hydrogen) atoms. The first-order chi connectivity index (χ1) is 8.20. The predicted octanol–water partition coefficient (Wildman–Crippen LogP) is 3.28. The summed E-state index contributed by atoms with van der Waals surface area (Å²) in [5.41, 5.74) is 0. The van der Waals surface area contributed by atoms with Crippen molar-refractivity contribution >= 4 is 0 Å². The van der Waals surface area contributed by atoms with Gasteiger partial charge in [0.25, 0.3) is 0 Å². The molecule has 0 aromatic heterocycles. The second kappa shape index (κ2) is 8.10. The lowest BCUT2D eigenvalue weighted by molar-refractivity contribution is 0.106. The molecule has 0 radical (unpaired) electrons. The minimum atomic E-state index is 0.720. The van der Waals surface area contributed by atoms with Crippen molar-refractivity contribution in [1.82, 2.24) is 10.2 Å². The van der Waals surface area contributed by atoms with Crippen molar-refractivity contribution in [3.05, 3.63) is 0 Å². The van der Waals surface area contributed by atoms with Crippen LogP contribution >= 0.6 is 0 Å². The van der Waals surface area contributed by atoms with Gasteiger partial charge in [-0.05, 0) is 51.7 Å². The Bertz CT molecular complexity index is 193. The van der Waals surface area contributed by atoms with Crippen LogP contribution in [-0.2, 0) is 0 Å². The average molecular weight is 240 g/mol. The van der Waals surface area contributed by atoms with E-state index in [2.05, 4.69) is 37.9 Å². The van der Waals surface area contributed by atoms with Crippen molar-refractivity contribution in [2.45, 2.75) is 71.9 Å². The van der Waals surface area contributed by atoms with Gasteiger partial charge in [-0.15, -0.1) is 0 Å². The summed E-state index contributed by atoms with van der Waals surface area (Å²) in [7, 11) is 0. The van der Waals surface area contributed by atoms with Gasteiger partial charge in [-0.2, -0.15) is 0 Å². The molecule has 1 fully saturated rings. The summed E-state index contributed by atoms with van der Waals surface area (Å²) in [4.78, 5) is 2.79. The third-order valence-corrected chi connectivity index (χ3v) is 4.46. The molecule has 0 bridgehead atoms. The molecule has 3 atom stereocenters. The van der Waals surface area contributed by atoms with Crippen LogP contribution in [0.5, 0.6) is 0 Å². The third-order valence-electron chi connectivity index (χ3n) is 4.46. The van der Waals surface area contributed by atoms with Gasteiger partial charge in [-0.3, -0.25) is 4.90 Å². The maximum absolute atomic E-state index is 3.49. The summed E-state index contributed by atoms with van der Waals surface area (Å²) >= 11 is 0. The molecule has 2 nitrogen and oxygen atoms in total. The summed E-state index contributed by atoms with van der Waals surface area (Å²) < 4.78 is 0. The molecule has 0 saturated carbocycles. The van der Waals surface area contributed by atoms with E-state index in [9.17, 15) is 0 Å². The van der Waals surface area contributed by atoms with Gasteiger partial charge in [0.05, 0.1) is 0 Å².